The quantitative estimate of drug-likeness (QED) is 0.469. The van der Waals surface area contributed by atoms with E-state index in [1.54, 1.807) is 13.0 Å². The minimum atomic E-state index is -0.504. The molecule has 6 nitrogen and oxygen atoms in total. The van der Waals surface area contributed by atoms with Gasteiger partial charge < -0.3 is 10.4 Å². The van der Waals surface area contributed by atoms with Crippen molar-refractivity contribution in [2.45, 2.75) is 33.1 Å². The molecule has 0 aliphatic heterocycles. The van der Waals surface area contributed by atoms with Crippen molar-refractivity contribution in [3.05, 3.63) is 33.4 Å². The van der Waals surface area contributed by atoms with Gasteiger partial charge in [-0.25, -0.2) is 0 Å². The molecule has 1 rings (SSSR count). The highest BCUT2D eigenvalue weighted by Gasteiger charge is 2.17. The number of carbonyl (C=O) groups is 1. The zero-order valence-electron chi connectivity index (χ0n) is 11.1. The highest BCUT2D eigenvalue weighted by atomic mass is 16.6. The first kappa shape index (κ1) is 15.1. The molecule has 2 N–H and O–H groups in total. The molecule has 0 aliphatic carbocycles. The van der Waals surface area contributed by atoms with Crippen LogP contribution in [0.3, 0.4) is 0 Å². The van der Waals surface area contributed by atoms with E-state index in [2.05, 4.69) is 5.32 Å². The van der Waals surface area contributed by atoms with Crippen LogP contribution in [0.25, 0.3) is 0 Å². The van der Waals surface area contributed by atoms with Gasteiger partial charge in [-0.3, -0.25) is 14.9 Å². The maximum Gasteiger partial charge on any atom is 0.293 e. The third-order valence-corrected chi connectivity index (χ3v) is 2.89. The second kappa shape index (κ2) is 6.84. The van der Waals surface area contributed by atoms with Crippen LogP contribution < -0.4 is 5.32 Å². The molecule has 0 bridgehead atoms. The summed E-state index contributed by atoms with van der Waals surface area (Å²) in [6, 6.07) is 3.07. The predicted molar refractivity (Wildman–Crippen MR) is 72.1 cm³/mol. The Hall–Kier alpha value is -1.95. The summed E-state index contributed by atoms with van der Waals surface area (Å²) in [5.74, 6) is -0.278. The van der Waals surface area contributed by atoms with Crippen molar-refractivity contribution in [1.82, 2.24) is 0 Å². The van der Waals surface area contributed by atoms with Crippen molar-refractivity contribution in [2.75, 3.05) is 11.9 Å². The minimum absolute atomic E-state index is 0.0388. The van der Waals surface area contributed by atoms with E-state index < -0.39 is 4.92 Å². The Kier molecular flexibility index (Phi) is 5.44. The summed E-state index contributed by atoms with van der Waals surface area (Å²) >= 11 is 0. The number of anilines is 1. The molecule has 0 unspecified atom stereocenters. The van der Waals surface area contributed by atoms with Gasteiger partial charge in [0, 0.05) is 19.1 Å². The SMILES string of the molecule is Cc1cc(NC(=O)CCCCO)c([N+](=O)[O-])cc1C. The van der Waals surface area contributed by atoms with Crippen LogP contribution in [0.1, 0.15) is 30.4 Å². The van der Waals surface area contributed by atoms with Gasteiger partial charge in [0.15, 0.2) is 0 Å². The first-order chi connectivity index (χ1) is 8.95. The zero-order chi connectivity index (χ0) is 14.4. The van der Waals surface area contributed by atoms with E-state index in [-0.39, 0.29) is 30.3 Å². The molecule has 0 spiro atoms. The van der Waals surface area contributed by atoms with E-state index in [1.807, 2.05) is 6.92 Å². The van der Waals surface area contributed by atoms with Gasteiger partial charge in [0.2, 0.25) is 5.91 Å². The number of benzene rings is 1. The van der Waals surface area contributed by atoms with Crippen molar-refractivity contribution in [3.63, 3.8) is 0 Å². The van der Waals surface area contributed by atoms with Crippen LogP contribution in [0.15, 0.2) is 12.1 Å². The fourth-order valence-corrected chi connectivity index (χ4v) is 1.66. The van der Waals surface area contributed by atoms with Gasteiger partial charge in [-0.2, -0.15) is 0 Å². The van der Waals surface area contributed by atoms with Crippen LogP contribution in [0, 0.1) is 24.0 Å². The lowest BCUT2D eigenvalue weighted by Crippen LogP contribution is -2.13. The molecule has 0 saturated heterocycles. The van der Waals surface area contributed by atoms with Gasteiger partial charge in [0.25, 0.3) is 5.69 Å². The normalized spacial score (nSPS) is 10.3. The first-order valence-corrected chi connectivity index (χ1v) is 6.12. The molecule has 1 amide bonds. The number of aliphatic hydroxyl groups excluding tert-OH is 1. The molecule has 0 atom stereocenters. The van der Waals surface area contributed by atoms with Crippen molar-refractivity contribution in [1.29, 1.82) is 0 Å². The number of hydrogen-bond acceptors (Lipinski definition) is 4. The smallest absolute Gasteiger partial charge is 0.293 e. The van der Waals surface area contributed by atoms with E-state index in [9.17, 15) is 14.9 Å². The molecule has 0 radical (unpaired) electrons. The Morgan fingerprint density at radius 2 is 1.95 bits per heavy atom. The highest BCUT2D eigenvalue weighted by Crippen LogP contribution is 2.28. The topological polar surface area (TPSA) is 92.5 Å². The number of nitro groups is 1. The number of aryl methyl sites for hydroxylation is 2. The zero-order valence-corrected chi connectivity index (χ0v) is 11.1. The first-order valence-electron chi connectivity index (χ1n) is 6.12. The second-order valence-electron chi connectivity index (χ2n) is 4.44. The standard InChI is InChI=1S/C13H18N2O4/c1-9-7-11(12(15(18)19)8-10(9)2)14-13(17)5-3-4-6-16/h7-8,16H,3-6H2,1-2H3,(H,14,17). The number of rotatable bonds is 6. The lowest BCUT2D eigenvalue weighted by Gasteiger charge is -2.08. The summed E-state index contributed by atoms with van der Waals surface area (Å²) in [5, 5.41) is 22.1. The maximum atomic E-state index is 11.6. The number of nitrogens with one attached hydrogen (secondary N) is 1. The predicted octanol–water partition coefficient (Wildman–Crippen LogP) is 2.31. The number of unbranched alkanes of at least 4 members (excludes halogenated alkanes) is 1. The van der Waals surface area contributed by atoms with Crippen LogP contribution >= 0.6 is 0 Å². The molecule has 19 heavy (non-hydrogen) atoms. The number of aliphatic hydroxyl groups is 1. The van der Waals surface area contributed by atoms with Crippen LogP contribution in [0.4, 0.5) is 11.4 Å². The second-order valence-corrected chi connectivity index (χ2v) is 4.44. The number of carbonyl (C=O) groups excluding carboxylic acids is 1. The fraction of sp³-hybridized carbons (Fsp3) is 0.462. The lowest BCUT2D eigenvalue weighted by atomic mass is 10.1. The van der Waals surface area contributed by atoms with E-state index >= 15 is 0 Å². The van der Waals surface area contributed by atoms with Gasteiger partial charge in [0.1, 0.15) is 5.69 Å². The third kappa shape index (κ3) is 4.33. The van der Waals surface area contributed by atoms with Crippen molar-refractivity contribution in [3.8, 4) is 0 Å². The van der Waals surface area contributed by atoms with E-state index in [1.165, 1.54) is 6.07 Å². The van der Waals surface area contributed by atoms with Crippen LogP contribution in [0.2, 0.25) is 0 Å². The van der Waals surface area contributed by atoms with Crippen molar-refractivity contribution < 1.29 is 14.8 Å². The molecule has 0 heterocycles. The minimum Gasteiger partial charge on any atom is -0.396 e. The van der Waals surface area contributed by atoms with E-state index in [4.69, 9.17) is 5.11 Å². The monoisotopic (exact) mass is 266 g/mol. The molecule has 6 heteroatoms. The molecule has 0 saturated carbocycles. The van der Waals surface area contributed by atoms with Crippen molar-refractivity contribution in [2.24, 2.45) is 0 Å². The van der Waals surface area contributed by atoms with Gasteiger partial charge in [-0.15, -0.1) is 0 Å². The Morgan fingerprint density at radius 3 is 2.53 bits per heavy atom. The van der Waals surface area contributed by atoms with Gasteiger partial charge in [-0.1, -0.05) is 0 Å². The summed E-state index contributed by atoms with van der Waals surface area (Å²) in [7, 11) is 0. The summed E-state index contributed by atoms with van der Waals surface area (Å²) in [6.45, 7) is 3.66. The molecule has 1 aromatic carbocycles. The fourth-order valence-electron chi connectivity index (χ4n) is 1.66. The molecule has 0 aromatic heterocycles. The summed E-state index contributed by atoms with van der Waals surface area (Å²) < 4.78 is 0. The average Bonchev–Trinajstić information content (AvgIpc) is 2.33. The Balaban J connectivity index is 2.84. The Morgan fingerprint density at radius 1 is 1.32 bits per heavy atom. The maximum absolute atomic E-state index is 11.6. The summed E-state index contributed by atoms with van der Waals surface area (Å²) in [6.07, 6.45) is 1.34. The number of nitro benzene ring substituents is 1. The molecular weight excluding hydrogens is 248 g/mol. The van der Waals surface area contributed by atoms with Crippen LogP contribution in [0.5, 0.6) is 0 Å². The largest absolute Gasteiger partial charge is 0.396 e. The number of amides is 1. The Bertz CT molecular complexity index is 486. The molecule has 1 aromatic rings. The number of nitrogens with zero attached hydrogens (tertiary/aromatic N) is 1. The third-order valence-electron chi connectivity index (χ3n) is 2.89. The molecule has 0 aliphatic rings. The van der Waals surface area contributed by atoms with Crippen LogP contribution in [-0.4, -0.2) is 22.5 Å². The van der Waals surface area contributed by atoms with Gasteiger partial charge >= 0.3 is 0 Å². The summed E-state index contributed by atoms with van der Waals surface area (Å²) in [4.78, 5) is 22.1. The Labute approximate surface area is 111 Å². The van der Waals surface area contributed by atoms with Gasteiger partial charge in [0.05, 0.1) is 4.92 Å². The highest BCUT2D eigenvalue weighted by molar-refractivity contribution is 5.93. The number of hydrogen-bond donors (Lipinski definition) is 2. The van der Waals surface area contributed by atoms with E-state index in [0.717, 1.165) is 11.1 Å². The summed E-state index contributed by atoms with van der Waals surface area (Å²) in [5.41, 5.74) is 1.82. The van der Waals surface area contributed by atoms with Gasteiger partial charge in [-0.05, 0) is 43.9 Å². The van der Waals surface area contributed by atoms with Crippen molar-refractivity contribution >= 4 is 17.3 Å². The van der Waals surface area contributed by atoms with Crippen LogP contribution in [-0.2, 0) is 4.79 Å². The molecular formula is C13H18N2O4. The average molecular weight is 266 g/mol. The van der Waals surface area contributed by atoms with E-state index in [0.29, 0.717) is 12.8 Å². The lowest BCUT2D eigenvalue weighted by molar-refractivity contribution is -0.384. The molecule has 104 valence electrons. The molecule has 0 fully saturated rings.